The summed E-state index contributed by atoms with van der Waals surface area (Å²) in [5.74, 6) is -3.15. The Kier molecular flexibility index (Phi) is 8.46. The van der Waals surface area contributed by atoms with Gasteiger partial charge in [-0.05, 0) is 43.1 Å². The van der Waals surface area contributed by atoms with Gasteiger partial charge in [-0.25, -0.2) is 28.2 Å². The van der Waals surface area contributed by atoms with Crippen molar-refractivity contribution in [2.45, 2.75) is 25.0 Å². The Labute approximate surface area is 243 Å². The standard InChI is InChI=1S/C30H25F2N5O4S/c1-19(28-36-27(14-42-28)20-6-9-23(33-2)10-7-20)30(15-37-17-34-16-35-37,25-11-8-22(31)13-26(25)32)41-18-40-29(39)21-4-3-5-24(38)12-21/h3-14,16-17,19,38H,2,15,18H2,1H3/t19-,30?/m0/s1. The van der Waals surface area contributed by atoms with E-state index in [-0.39, 0.29) is 23.4 Å². The number of hydrogen-bond donors (Lipinski definition) is 1. The van der Waals surface area contributed by atoms with Gasteiger partial charge in [0.15, 0.2) is 6.79 Å². The predicted octanol–water partition coefficient (Wildman–Crippen LogP) is 6.25. The predicted molar refractivity (Wildman–Crippen MR) is 153 cm³/mol. The van der Waals surface area contributed by atoms with Gasteiger partial charge in [0.2, 0.25) is 0 Å². The number of aromatic nitrogens is 4. The number of carbonyl (C=O) groups is 1. The van der Waals surface area contributed by atoms with Crippen LogP contribution in [-0.4, -0.2) is 44.3 Å². The zero-order chi connectivity index (χ0) is 29.7. The molecule has 0 amide bonds. The summed E-state index contributed by atoms with van der Waals surface area (Å²) < 4.78 is 42.7. The van der Waals surface area contributed by atoms with Gasteiger partial charge in [0.1, 0.15) is 35.6 Å². The van der Waals surface area contributed by atoms with Crippen LogP contribution in [0.1, 0.15) is 33.8 Å². The highest BCUT2D eigenvalue weighted by atomic mass is 32.1. The minimum absolute atomic E-state index is 0.0125. The number of aliphatic imine (C=N–C) groups is 1. The summed E-state index contributed by atoms with van der Waals surface area (Å²) in [5, 5.41) is 16.4. The van der Waals surface area contributed by atoms with E-state index in [1.165, 1.54) is 59.0 Å². The second-order valence-electron chi connectivity index (χ2n) is 9.35. The molecule has 1 unspecified atom stereocenters. The zero-order valence-corrected chi connectivity index (χ0v) is 23.2. The first-order valence-electron chi connectivity index (χ1n) is 12.7. The molecule has 0 saturated heterocycles. The largest absolute Gasteiger partial charge is 0.508 e. The van der Waals surface area contributed by atoms with E-state index in [4.69, 9.17) is 14.5 Å². The van der Waals surface area contributed by atoms with Crippen molar-refractivity contribution >= 4 is 29.7 Å². The summed E-state index contributed by atoms with van der Waals surface area (Å²) in [4.78, 5) is 25.4. The zero-order valence-electron chi connectivity index (χ0n) is 22.4. The molecule has 2 heterocycles. The van der Waals surface area contributed by atoms with Crippen LogP contribution in [-0.2, 0) is 21.6 Å². The Morgan fingerprint density at radius 1 is 1.17 bits per heavy atom. The normalized spacial score (nSPS) is 13.3. The number of nitrogens with zero attached hydrogens (tertiary/aromatic N) is 5. The lowest BCUT2D eigenvalue weighted by molar-refractivity contribution is -0.148. The highest BCUT2D eigenvalue weighted by Gasteiger charge is 2.45. The first kappa shape index (κ1) is 28.7. The van der Waals surface area contributed by atoms with E-state index in [1.54, 1.807) is 6.92 Å². The minimum atomic E-state index is -1.59. The van der Waals surface area contributed by atoms with Gasteiger partial charge in [-0.15, -0.1) is 11.3 Å². The van der Waals surface area contributed by atoms with Crippen molar-refractivity contribution in [3.8, 4) is 17.0 Å². The number of benzene rings is 3. The molecule has 2 atom stereocenters. The molecule has 0 aliphatic heterocycles. The van der Waals surface area contributed by atoms with Crippen LogP contribution in [0.4, 0.5) is 14.5 Å². The summed E-state index contributed by atoms with van der Waals surface area (Å²) in [7, 11) is 0. The number of rotatable bonds is 11. The van der Waals surface area contributed by atoms with Crippen molar-refractivity contribution in [1.82, 2.24) is 19.7 Å². The summed E-state index contributed by atoms with van der Waals surface area (Å²) in [6.45, 7) is 4.65. The lowest BCUT2D eigenvalue weighted by Crippen LogP contribution is -2.42. The van der Waals surface area contributed by atoms with Crippen molar-refractivity contribution in [2.24, 2.45) is 4.99 Å². The van der Waals surface area contributed by atoms with Crippen LogP contribution in [0.5, 0.6) is 5.75 Å². The second kappa shape index (κ2) is 12.4. The Balaban J connectivity index is 1.53. The highest BCUT2D eigenvalue weighted by molar-refractivity contribution is 7.10. The second-order valence-corrected chi connectivity index (χ2v) is 10.2. The number of phenols is 1. The van der Waals surface area contributed by atoms with Crippen LogP contribution < -0.4 is 0 Å². The Morgan fingerprint density at radius 3 is 2.67 bits per heavy atom. The summed E-state index contributed by atoms with van der Waals surface area (Å²) in [6, 6.07) is 16.2. The minimum Gasteiger partial charge on any atom is -0.508 e. The highest BCUT2D eigenvalue weighted by Crippen LogP contribution is 2.44. The third-order valence-corrected chi connectivity index (χ3v) is 7.80. The fourth-order valence-corrected chi connectivity index (χ4v) is 5.52. The lowest BCUT2D eigenvalue weighted by atomic mass is 9.81. The van der Waals surface area contributed by atoms with E-state index < -0.39 is 35.9 Å². The van der Waals surface area contributed by atoms with Crippen LogP contribution in [0, 0.1) is 11.6 Å². The quantitative estimate of drug-likeness (QED) is 0.110. The van der Waals surface area contributed by atoms with Crippen molar-refractivity contribution in [3.63, 3.8) is 0 Å². The maximum Gasteiger partial charge on any atom is 0.340 e. The van der Waals surface area contributed by atoms with Gasteiger partial charge in [-0.2, -0.15) is 5.10 Å². The van der Waals surface area contributed by atoms with E-state index in [0.717, 1.165) is 23.4 Å². The first-order valence-corrected chi connectivity index (χ1v) is 13.6. The fraction of sp³-hybridized carbons (Fsp3) is 0.167. The van der Waals surface area contributed by atoms with Crippen LogP contribution >= 0.6 is 11.3 Å². The Morgan fingerprint density at radius 2 is 1.98 bits per heavy atom. The smallest absolute Gasteiger partial charge is 0.340 e. The van der Waals surface area contributed by atoms with Crippen LogP contribution in [0.25, 0.3) is 11.3 Å². The van der Waals surface area contributed by atoms with Gasteiger partial charge in [0.25, 0.3) is 0 Å². The van der Waals surface area contributed by atoms with Crippen molar-refractivity contribution in [1.29, 1.82) is 0 Å². The lowest BCUT2D eigenvalue weighted by Gasteiger charge is -2.38. The van der Waals surface area contributed by atoms with Gasteiger partial charge in [-0.3, -0.25) is 4.99 Å². The molecule has 1 N–H and O–H groups in total. The van der Waals surface area contributed by atoms with Crippen LogP contribution in [0.2, 0.25) is 0 Å². The number of aromatic hydroxyl groups is 1. The molecule has 5 rings (SSSR count). The topological polar surface area (TPSA) is 112 Å². The van der Waals surface area contributed by atoms with Gasteiger partial charge in [0.05, 0.1) is 28.5 Å². The summed E-state index contributed by atoms with van der Waals surface area (Å²) in [5.41, 5.74) is 0.767. The summed E-state index contributed by atoms with van der Waals surface area (Å²) in [6.07, 6.45) is 2.76. The molecule has 0 spiro atoms. The molecule has 0 aliphatic carbocycles. The third-order valence-electron chi connectivity index (χ3n) is 6.78. The number of halogens is 2. The van der Waals surface area contributed by atoms with Gasteiger partial charge in [0, 0.05) is 28.5 Å². The molecule has 0 radical (unpaired) electrons. The van der Waals surface area contributed by atoms with Gasteiger partial charge < -0.3 is 14.6 Å². The molecule has 0 saturated carbocycles. The SMILES string of the molecule is C=Nc1ccc(-c2csc([C@H](C)C(Cn3cncn3)(OCOC(=O)c3cccc(O)c3)c3ccc(F)cc3F)n2)cc1. The molecular weight excluding hydrogens is 564 g/mol. The number of phenolic OH excluding ortho intramolecular Hbond substituents is 1. The molecule has 12 heteroatoms. The molecule has 214 valence electrons. The molecule has 9 nitrogen and oxygen atoms in total. The Bertz CT molecular complexity index is 1690. The van der Waals surface area contributed by atoms with Crippen LogP contribution in [0.3, 0.4) is 0 Å². The molecule has 2 aromatic heterocycles. The molecule has 3 aromatic carbocycles. The average molecular weight is 590 g/mol. The third kappa shape index (κ3) is 6.09. The average Bonchev–Trinajstić information content (AvgIpc) is 3.69. The molecule has 5 aromatic rings. The van der Waals surface area contributed by atoms with E-state index in [0.29, 0.717) is 10.7 Å². The van der Waals surface area contributed by atoms with E-state index in [2.05, 4.69) is 21.8 Å². The van der Waals surface area contributed by atoms with Gasteiger partial charge >= 0.3 is 5.97 Å². The van der Waals surface area contributed by atoms with Gasteiger partial charge in [-0.1, -0.05) is 31.2 Å². The number of ether oxygens (including phenoxy) is 2. The van der Waals surface area contributed by atoms with E-state index in [1.807, 2.05) is 29.6 Å². The molecule has 0 aliphatic rings. The number of hydrogen-bond acceptors (Lipinski definition) is 9. The number of esters is 1. The van der Waals surface area contributed by atoms with Crippen LogP contribution in [0.15, 0.2) is 89.8 Å². The maximum atomic E-state index is 15.6. The molecule has 42 heavy (non-hydrogen) atoms. The first-order chi connectivity index (χ1) is 20.3. The Hall–Kier alpha value is -4.81. The fourth-order valence-electron chi connectivity index (χ4n) is 4.55. The maximum absolute atomic E-state index is 15.6. The molecule has 0 bridgehead atoms. The van der Waals surface area contributed by atoms with E-state index >= 15 is 4.39 Å². The van der Waals surface area contributed by atoms with Crippen molar-refractivity contribution in [2.75, 3.05) is 6.79 Å². The monoisotopic (exact) mass is 589 g/mol. The van der Waals surface area contributed by atoms with Crippen molar-refractivity contribution in [3.05, 3.63) is 113 Å². The summed E-state index contributed by atoms with van der Waals surface area (Å²) >= 11 is 1.34. The van der Waals surface area contributed by atoms with E-state index in [9.17, 15) is 14.3 Å². The number of carbonyl (C=O) groups excluding carboxylic acids is 1. The van der Waals surface area contributed by atoms with Crippen molar-refractivity contribution < 1.29 is 28.2 Å². The number of thiazole rings is 1. The molecule has 0 fully saturated rings. The molecular formula is C30H25F2N5O4S.